The fourth-order valence-corrected chi connectivity index (χ4v) is 4.89. The van der Waals surface area contributed by atoms with Gasteiger partial charge in [0, 0.05) is 18.5 Å². The molecule has 1 aromatic rings. The van der Waals surface area contributed by atoms with Crippen LogP contribution in [-0.4, -0.2) is 54.4 Å². The Morgan fingerprint density at radius 1 is 1.30 bits per heavy atom. The maximum atomic E-state index is 12.5. The van der Waals surface area contributed by atoms with Crippen molar-refractivity contribution in [2.24, 2.45) is 10.8 Å². The predicted molar refractivity (Wildman–Crippen MR) is 99.2 cm³/mol. The summed E-state index contributed by atoms with van der Waals surface area (Å²) in [7, 11) is -3.19. The van der Waals surface area contributed by atoms with Crippen molar-refractivity contribution in [1.29, 1.82) is 0 Å². The number of hydrogen-bond donors (Lipinski definition) is 2. The SMILES string of the molecule is NC(=O)c1cc(NC(=O)C2=NN(C3CCS(=O)(=O)C3)C(=O)CC2)ccc1Cl. The van der Waals surface area contributed by atoms with Crippen molar-refractivity contribution < 1.29 is 22.8 Å². The fourth-order valence-electron chi connectivity index (χ4n) is 2.98. The lowest BCUT2D eigenvalue weighted by molar-refractivity contribution is -0.133. The van der Waals surface area contributed by atoms with Crippen LogP contribution in [0.2, 0.25) is 5.02 Å². The van der Waals surface area contributed by atoms with E-state index in [-0.39, 0.29) is 46.6 Å². The van der Waals surface area contributed by atoms with E-state index < -0.39 is 27.7 Å². The van der Waals surface area contributed by atoms with Crippen molar-refractivity contribution in [3.8, 4) is 0 Å². The van der Waals surface area contributed by atoms with Crippen LogP contribution in [0.25, 0.3) is 0 Å². The van der Waals surface area contributed by atoms with Gasteiger partial charge in [-0.05, 0) is 24.6 Å². The molecule has 11 heteroatoms. The molecule has 0 aromatic heterocycles. The molecule has 0 saturated carbocycles. The lowest BCUT2D eigenvalue weighted by Gasteiger charge is -2.27. The number of rotatable bonds is 4. The van der Waals surface area contributed by atoms with Crippen molar-refractivity contribution >= 4 is 50.6 Å². The van der Waals surface area contributed by atoms with Crippen molar-refractivity contribution in [3.63, 3.8) is 0 Å². The van der Waals surface area contributed by atoms with Gasteiger partial charge in [0.2, 0.25) is 11.8 Å². The van der Waals surface area contributed by atoms with E-state index in [1.54, 1.807) is 0 Å². The summed E-state index contributed by atoms with van der Waals surface area (Å²) >= 11 is 5.88. The first-order valence-corrected chi connectivity index (χ1v) is 10.4. The van der Waals surface area contributed by atoms with Gasteiger partial charge in [-0.1, -0.05) is 11.6 Å². The minimum absolute atomic E-state index is 0.000828. The Kier molecular flexibility index (Phi) is 5.20. The first-order chi connectivity index (χ1) is 12.7. The number of nitrogens with one attached hydrogen (secondary N) is 1. The van der Waals surface area contributed by atoms with E-state index in [0.29, 0.717) is 12.1 Å². The summed E-state index contributed by atoms with van der Waals surface area (Å²) in [6.07, 6.45) is 0.498. The Balaban J connectivity index is 1.78. The van der Waals surface area contributed by atoms with Gasteiger partial charge in [-0.3, -0.25) is 14.4 Å². The summed E-state index contributed by atoms with van der Waals surface area (Å²) in [5, 5.41) is 7.94. The van der Waals surface area contributed by atoms with Gasteiger partial charge < -0.3 is 11.1 Å². The van der Waals surface area contributed by atoms with Crippen LogP contribution in [-0.2, 0) is 19.4 Å². The molecule has 0 bridgehead atoms. The number of carbonyl (C=O) groups excluding carboxylic acids is 3. The van der Waals surface area contributed by atoms with Crippen LogP contribution >= 0.6 is 11.6 Å². The predicted octanol–water partition coefficient (Wildman–Crippen LogP) is 0.543. The Labute approximate surface area is 160 Å². The summed E-state index contributed by atoms with van der Waals surface area (Å²) in [5.41, 5.74) is 5.70. The van der Waals surface area contributed by atoms with Crippen LogP contribution < -0.4 is 11.1 Å². The number of hydrogen-bond acceptors (Lipinski definition) is 6. The van der Waals surface area contributed by atoms with Crippen LogP contribution in [0.3, 0.4) is 0 Å². The molecule has 2 heterocycles. The average molecular weight is 413 g/mol. The first kappa shape index (κ1) is 19.3. The summed E-state index contributed by atoms with van der Waals surface area (Å²) in [6, 6.07) is 3.72. The van der Waals surface area contributed by atoms with Gasteiger partial charge in [0.25, 0.3) is 5.91 Å². The molecule has 3 amide bonds. The Morgan fingerprint density at radius 3 is 2.67 bits per heavy atom. The zero-order valence-corrected chi connectivity index (χ0v) is 15.7. The number of carbonyl (C=O) groups is 3. The van der Waals surface area contributed by atoms with Crippen molar-refractivity contribution in [2.45, 2.75) is 25.3 Å². The zero-order valence-electron chi connectivity index (χ0n) is 14.1. The van der Waals surface area contributed by atoms with Gasteiger partial charge in [-0.15, -0.1) is 0 Å². The fraction of sp³-hybridized carbons (Fsp3) is 0.375. The van der Waals surface area contributed by atoms with Gasteiger partial charge in [0.15, 0.2) is 9.84 Å². The molecule has 1 unspecified atom stereocenters. The number of benzene rings is 1. The van der Waals surface area contributed by atoms with Crippen molar-refractivity contribution in [2.75, 3.05) is 16.8 Å². The highest BCUT2D eigenvalue weighted by Gasteiger charge is 2.37. The Morgan fingerprint density at radius 2 is 2.04 bits per heavy atom. The lowest BCUT2D eigenvalue weighted by Crippen LogP contribution is -2.42. The molecule has 144 valence electrons. The molecule has 0 aliphatic carbocycles. The molecule has 9 nitrogen and oxygen atoms in total. The number of primary amides is 1. The van der Waals surface area contributed by atoms with E-state index in [0.717, 1.165) is 5.01 Å². The normalized spacial score (nSPS) is 21.7. The minimum atomic E-state index is -3.19. The smallest absolute Gasteiger partial charge is 0.271 e. The largest absolute Gasteiger partial charge is 0.366 e. The molecule has 0 spiro atoms. The van der Waals surface area contributed by atoms with Gasteiger partial charge in [0.05, 0.1) is 28.1 Å². The zero-order chi connectivity index (χ0) is 19.8. The van der Waals surface area contributed by atoms with Gasteiger partial charge in [0.1, 0.15) is 5.71 Å². The third-order valence-electron chi connectivity index (χ3n) is 4.37. The van der Waals surface area contributed by atoms with E-state index in [9.17, 15) is 22.8 Å². The average Bonchev–Trinajstić information content (AvgIpc) is 2.96. The molecule has 2 aliphatic rings. The van der Waals surface area contributed by atoms with Gasteiger partial charge in [-0.2, -0.15) is 5.10 Å². The standard InChI is InChI=1S/C16H17ClN4O5S/c17-12-2-1-9(7-11(12)15(18)23)19-16(24)13-3-4-14(22)21(20-13)10-5-6-27(25,26)8-10/h1-2,7,10H,3-6,8H2,(H2,18,23)(H,19,24). The molecule has 0 radical (unpaired) electrons. The molecule has 3 rings (SSSR count). The summed E-state index contributed by atoms with van der Waals surface area (Å²) in [6.45, 7) is 0. The maximum Gasteiger partial charge on any atom is 0.271 e. The van der Waals surface area contributed by atoms with E-state index in [2.05, 4.69) is 10.4 Å². The van der Waals surface area contributed by atoms with E-state index in [1.165, 1.54) is 18.2 Å². The molecule has 2 aliphatic heterocycles. The number of nitrogens with zero attached hydrogens (tertiary/aromatic N) is 2. The van der Waals surface area contributed by atoms with E-state index >= 15 is 0 Å². The third-order valence-corrected chi connectivity index (χ3v) is 6.45. The molecule has 1 aromatic carbocycles. The Bertz CT molecular complexity index is 960. The van der Waals surface area contributed by atoms with Crippen LogP contribution in [0.1, 0.15) is 29.6 Å². The molecule has 1 saturated heterocycles. The first-order valence-electron chi connectivity index (χ1n) is 8.17. The molecule has 1 atom stereocenters. The number of sulfone groups is 1. The molecular weight excluding hydrogens is 396 g/mol. The van der Waals surface area contributed by atoms with Crippen LogP contribution in [0.5, 0.6) is 0 Å². The van der Waals surface area contributed by atoms with Crippen LogP contribution in [0.4, 0.5) is 5.69 Å². The highest BCUT2D eigenvalue weighted by Crippen LogP contribution is 2.23. The van der Waals surface area contributed by atoms with E-state index in [4.69, 9.17) is 17.3 Å². The number of halogens is 1. The minimum Gasteiger partial charge on any atom is -0.366 e. The molecule has 1 fully saturated rings. The summed E-state index contributed by atoms with van der Waals surface area (Å²) < 4.78 is 23.3. The quantitative estimate of drug-likeness (QED) is 0.743. The monoisotopic (exact) mass is 412 g/mol. The molecular formula is C16H17ClN4O5S. The van der Waals surface area contributed by atoms with Crippen LogP contribution in [0, 0.1) is 0 Å². The highest BCUT2D eigenvalue weighted by atomic mass is 35.5. The number of nitrogens with two attached hydrogens (primary N) is 1. The highest BCUT2D eigenvalue weighted by molar-refractivity contribution is 7.91. The van der Waals surface area contributed by atoms with Gasteiger partial charge >= 0.3 is 0 Å². The van der Waals surface area contributed by atoms with Crippen molar-refractivity contribution in [1.82, 2.24) is 5.01 Å². The molecule has 3 N–H and O–H groups in total. The second-order valence-electron chi connectivity index (χ2n) is 6.35. The molecule has 27 heavy (non-hydrogen) atoms. The van der Waals surface area contributed by atoms with Gasteiger partial charge in [-0.25, -0.2) is 13.4 Å². The number of anilines is 1. The Hall–Kier alpha value is -2.46. The summed E-state index contributed by atoms with van der Waals surface area (Å²) in [5.74, 6) is -1.75. The topological polar surface area (TPSA) is 139 Å². The van der Waals surface area contributed by atoms with Crippen molar-refractivity contribution in [3.05, 3.63) is 28.8 Å². The second kappa shape index (κ2) is 7.28. The number of amides is 3. The third kappa shape index (κ3) is 4.28. The summed E-state index contributed by atoms with van der Waals surface area (Å²) in [4.78, 5) is 35.9. The second-order valence-corrected chi connectivity index (χ2v) is 8.99. The van der Waals surface area contributed by atoms with Crippen LogP contribution in [0.15, 0.2) is 23.3 Å². The van der Waals surface area contributed by atoms with E-state index in [1.807, 2.05) is 0 Å². The maximum absolute atomic E-state index is 12.5. The lowest BCUT2D eigenvalue weighted by atomic mass is 10.1. The number of hydrazone groups is 1.